The molecule has 0 spiro atoms. The van der Waals surface area contributed by atoms with Crippen molar-refractivity contribution in [2.24, 2.45) is 0 Å². The minimum absolute atomic E-state index is 0.0879. The predicted molar refractivity (Wildman–Crippen MR) is 94.4 cm³/mol. The Morgan fingerprint density at radius 2 is 2.25 bits per heavy atom. The van der Waals surface area contributed by atoms with E-state index >= 15 is 0 Å². The fourth-order valence-corrected chi connectivity index (χ4v) is 3.03. The highest BCUT2D eigenvalue weighted by Gasteiger charge is 2.19. The molecule has 3 aromatic rings. The van der Waals surface area contributed by atoms with Gasteiger partial charge in [0.25, 0.3) is 5.91 Å². The van der Waals surface area contributed by atoms with Crippen LogP contribution in [0.3, 0.4) is 0 Å². The molecule has 0 bridgehead atoms. The van der Waals surface area contributed by atoms with Gasteiger partial charge in [0, 0.05) is 12.6 Å². The van der Waals surface area contributed by atoms with E-state index in [2.05, 4.69) is 11.6 Å². The van der Waals surface area contributed by atoms with Crippen LogP contribution in [-0.4, -0.2) is 24.5 Å². The second kappa shape index (κ2) is 6.80. The summed E-state index contributed by atoms with van der Waals surface area (Å²) in [6.45, 7) is 3.73. The number of hydrogen-bond donors (Lipinski definition) is 0. The summed E-state index contributed by atoms with van der Waals surface area (Å²) in [5.41, 5.74) is 3.20. The molecule has 0 atom stereocenters. The molecule has 0 N–H and O–H groups in total. The molecule has 0 unspecified atom stereocenters. The molecule has 1 heterocycles. The van der Waals surface area contributed by atoms with Crippen LogP contribution >= 0.6 is 11.3 Å². The lowest BCUT2D eigenvalue weighted by Gasteiger charge is -2.19. The van der Waals surface area contributed by atoms with E-state index in [4.69, 9.17) is 4.74 Å². The fraction of sp³-hybridized carbons (Fsp3) is 0.111. The average Bonchev–Trinajstić information content (AvgIpc) is 3.07. The zero-order chi connectivity index (χ0) is 17.1. The van der Waals surface area contributed by atoms with Crippen molar-refractivity contribution in [1.82, 2.24) is 4.98 Å². The van der Waals surface area contributed by atoms with Crippen molar-refractivity contribution in [1.29, 1.82) is 0 Å². The molecule has 3 rings (SSSR count). The van der Waals surface area contributed by atoms with Gasteiger partial charge in [0.05, 0.1) is 21.4 Å². The van der Waals surface area contributed by atoms with Crippen molar-refractivity contribution in [2.75, 3.05) is 18.6 Å². The largest absolute Gasteiger partial charge is 0.486 e. The number of carbonyl (C=O) groups is 1. The Kier molecular flexibility index (Phi) is 4.57. The molecule has 2 aromatic carbocycles. The van der Waals surface area contributed by atoms with Crippen molar-refractivity contribution in [3.05, 3.63) is 65.9 Å². The van der Waals surface area contributed by atoms with Crippen LogP contribution < -0.4 is 9.64 Å². The van der Waals surface area contributed by atoms with Gasteiger partial charge in [0.1, 0.15) is 6.61 Å². The SMILES string of the molecule is C=CCOc1cccc(N(C)C(=O)c2ccc3ncsc3c2)c1F. The number of anilines is 1. The number of benzene rings is 2. The number of halogens is 1. The normalized spacial score (nSPS) is 10.6. The number of carbonyl (C=O) groups excluding carboxylic acids is 1. The molecule has 0 radical (unpaired) electrons. The van der Waals surface area contributed by atoms with Gasteiger partial charge in [-0.3, -0.25) is 4.79 Å². The van der Waals surface area contributed by atoms with Crippen LogP contribution in [-0.2, 0) is 0 Å². The monoisotopic (exact) mass is 342 g/mol. The maximum atomic E-state index is 14.6. The van der Waals surface area contributed by atoms with E-state index in [-0.39, 0.29) is 24.0 Å². The van der Waals surface area contributed by atoms with Crippen molar-refractivity contribution in [3.8, 4) is 5.75 Å². The highest BCUT2D eigenvalue weighted by molar-refractivity contribution is 7.16. The summed E-state index contributed by atoms with van der Waals surface area (Å²) < 4.78 is 20.8. The maximum Gasteiger partial charge on any atom is 0.258 e. The summed E-state index contributed by atoms with van der Waals surface area (Å²) in [6.07, 6.45) is 1.53. The van der Waals surface area contributed by atoms with Crippen molar-refractivity contribution in [2.45, 2.75) is 0 Å². The minimum atomic E-state index is -0.575. The second-order valence-corrected chi connectivity index (χ2v) is 5.97. The summed E-state index contributed by atoms with van der Waals surface area (Å²) in [6, 6.07) is 9.95. The van der Waals surface area contributed by atoms with Gasteiger partial charge in [-0.1, -0.05) is 18.7 Å². The van der Waals surface area contributed by atoms with E-state index in [1.54, 1.807) is 35.8 Å². The van der Waals surface area contributed by atoms with Crippen LogP contribution in [0.1, 0.15) is 10.4 Å². The summed E-state index contributed by atoms with van der Waals surface area (Å²) in [7, 11) is 1.54. The highest BCUT2D eigenvalue weighted by Crippen LogP contribution is 2.28. The van der Waals surface area contributed by atoms with Gasteiger partial charge in [-0.15, -0.1) is 11.3 Å². The van der Waals surface area contributed by atoms with Crippen LogP contribution in [0.5, 0.6) is 5.75 Å². The zero-order valence-electron chi connectivity index (χ0n) is 13.0. The predicted octanol–water partition coefficient (Wildman–Crippen LogP) is 4.28. The first kappa shape index (κ1) is 16.1. The second-order valence-electron chi connectivity index (χ2n) is 5.09. The van der Waals surface area contributed by atoms with Gasteiger partial charge in [-0.25, -0.2) is 9.37 Å². The number of hydrogen-bond acceptors (Lipinski definition) is 4. The van der Waals surface area contributed by atoms with E-state index in [0.29, 0.717) is 5.56 Å². The Balaban J connectivity index is 1.91. The molecule has 0 fully saturated rings. The van der Waals surface area contributed by atoms with Gasteiger partial charge < -0.3 is 9.64 Å². The van der Waals surface area contributed by atoms with E-state index in [1.807, 2.05) is 0 Å². The topological polar surface area (TPSA) is 42.4 Å². The Hall–Kier alpha value is -2.73. The molecule has 4 nitrogen and oxygen atoms in total. The Morgan fingerprint density at radius 1 is 1.42 bits per heavy atom. The van der Waals surface area contributed by atoms with Crippen LogP contribution in [0.4, 0.5) is 10.1 Å². The van der Waals surface area contributed by atoms with Crippen molar-refractivity contribution in [3.63, 3.8) is 0 Å². The molecule has 0 aliphatic carbocycles. The summed E-state index contributed by atoms with van der Waals surface area (Å²) in [5.74, 6) is -0.788. The molecular weight excluding hydrogens is 327 g/mol. The molecule has 0 aliphatic heterocycles. The Morgan fingerprint density at radius 3 is 3.04 bits per heavy atom. The standard InChI is InChI=1S/C18H15FN2O2S/c1-3-9-23-15-6-4-5-14(17(15)19)21(2)18(22)12-7-8-13-16(10-12)24-11-20-13/h3-8,10-11H,1,9H2,2H3. The van der Waals surface area contributed by atoms with Crippen molar-refractivity contribution < 1.29 is 13.9 Å². The molecule has 24 heavy (non-hydrogen) atoms. The van der Waals surface area contributed by atoms with E-state index in [9.17, 15) is 9.18 Å². The lowest BCUT2D eigenvalue weighted by Crippen LogP contribution is -2.27. The fourth-order valence-electron chi connectivity index (χ4n) is 2.31. The molecule has 0 aliphatic rings. The maximum absolute atomic E-state index is 14.6. The number of amides is 1. The minimum Gasteiger partial charge on any atom is -0.486 e. The first-order valence-corrected chi connectivity index (χ1v) is 8.13. The van der Waals surface area contributed by atoms with E-state index in [0.717, 1.165) is 10.2 Å². The molecule has 0 saturated heterocycles. The molecular formula is C18H15FN2O2S. The summed E-state index contributed by atoms with van der Waals surface area (Å²) in [4.78, 5) is 18.1. The third-order valence-electron chi connectivity index (χ3n) is 3.54. The van der Waals surface area contributed by atoms with Crippen LogP contribution in [0.15, 0.2) is 54.6 Å². The van der Waals surface area contributed by atoms with Crippen LogP contribution in [0, 0.1) is 5.82 Å². The van der Waals surface area contributed by atoms with Gasteiger partial charge in [0.2, 0.25) is 0 Å². The third kappa shape index (κ3) is 3.00. The molecule has 1 aromatic heterocycles. The van der Waals surface area contributed by atoms with Gasteiger partial charge in [0.15, 0.2) is 11.6 Å². The number of nitrogens with zero attached hydrogens (tertiary/aromatic N) is 2. The Labute approximate surface area is 142 Å². The number of thiazole rings is 1. The number of aromatic nitrogens is 1. The quantitative estimate of drug-likeness (QED) is 0.650. The molecule has 122 valence electrons. The van der Waals surface area contributed by atoms with E-state index in [1.165, 1.54) is 35.4 Å². The molecule has 6 heteroatoms. The first-order valence-electron chi connectivity index (χ1n) is 7.25. The lowest BCUT2D eigenvalue weighted by atomic mass is 10.1. The average molecular weight is 342 g/mol. The van der Waals surface area contributed by atoms with Crippen LogP contribution in [0.25, 0.3) is 10.2 Å². The summed E-state index contributed by atoms with van der Waals surface area (Å²) in [5, 5.41) is 0. The molecule has 1 amide bonds. The van der Waals surface area contributed by atoms with Crippen LogP contribution in [0.2, 0.25) is 0 Å². The van der Waals surface area contributed by atoms with Crippen molar-refractivity contribution >= 4 is 33.1 Å². The first-order chi connectivity index (χ1) is 11.6. The van der Waals surface area contributed by atoms with Gasteiger partial charge in [-0.2, -0.15) is 0 Å². The third-order valence-corrected chi connectivity index (χ3v) is 4.34. The van der Waals surface area contributed by atoms with Gasteiger partial charge in [-0.05, 0) is 30.3 Å². The van der Waals surface area contributed by atoms with E-state index < -0.39 is 5.82 Å². The zero-order valence-corrected chi connectivity index (χ0v) is 13.8. The lowest BCUT2D eigenvalue weighted by molar-refractivity contribution is 0.0992. The number of rotatable bonds is 5. The summed E-state index contributed by atoms with van der Waals surface area (Å²) >= 11 is 1.46. The smallest absolute Gasteiger partial charge is 0.258 e. The number of fused-ring (bicyclic) bond motifs is 1. The number of ether oxygens (including phenoxy) is 1. The highest BCUT2D eigenvalue weighted by atomic mass is 32.1. The Bertz CT molecular complexity index is 907. The van der Waals surface area contributed by atoms with Gasteiger partial charge >= 0.3 is 0 Å². The molecule has 0 saturated carbocycles.